The van der Waals surface area contributed by atoms with Gasteiger partial charge in [-0.1, -0.05) is 24.3 Å². The van der Waals surface area contributed by atoms with E-state index in [0.29, 0.717) is 0 Å². The molecule has 2 rings (SSSR count). The summed E-state index contributed by atoms with van der Waals surface area (Å²) in [5.74, 6) is 4.07. The van der Waals surface area contributed by atoms with Gasteiger partial charge in [0, 0.05) is 11.6 Å². The van der Waals surface area contributed by atoms with Crippen LogP contribution in [0.5, 0.6) is 0 Å². The predicted molar refractivity (Wildman–Crippen MR) is 55.0 cm³/mol. The van der Waals surface area contributed by atoms with E-state index in [4.69, 9.17) is 9.90 Å². The molecule has 78 valence electrons. The van der Waals surface area contributed by atoms with Crippen LogP contribution < -0.4 is 5.90 Å². The molecule has 0 aliphatic rings. The van der Waals surface area contributed by atoms with Crippen molar-refractivity contribution in [2.45, 2.75) is 0 Å². The van der Waals surface area contributed by atoms with Crippen molar-refractivity contribution in [3.63, 3.8) is 0 Å². The topological polar surface area (TPSA) is 85.4 Å². The van der Waals surface area contributed by atoms with Crippen LogP contribution in [0.2, 0.25) is 0 Å². The van der Waals surface area contributed by atoms with Gasteiger partial charge in [0.15, 0.2) is 0 Å². The van der Waals surface area contributed by atoms with Crippen molar-refractivity contribution in [3.8, 4) is 0 Å². The van der Waals surface area contributed by atoms with Crippen LogP contribution in [0.15, 0.2) is 42.6 Å². The maximum atomic E-state index is 9.02. The molecule has 0 aliphatic heterocycles. The summed E-state index contributed by atoms with van der Waals surface area (Å²) in [6, 6.07) is 12.1. The van der Waals surface area contributed by atoms with Gasteiger partial charge in [0.1, 0.15) is 0 Å². The van der Waals surface area contributed by atoms with Crippen LogP contribution >= 0.6 is 0 Å². The molecule has 0 saturated carbocycles. The normalized spacial score (nSPS) is 8.87. The Morgan fingerprint density at radius 3 is 2.47 bits per heavy atom. The highest BCUT2D eigenvalue weighted by atomic mass is 16.7. The van der Waals surface area contributed by atoms with Gasteiger partial charge in [-0.05, 0) is 12.1 Å². The molecule has 5 heteroatoms. The van der Waals surface area contributed by atoms with E-state index in [2.05, 4.69) is 27.9 Å². The summed E-state index contributed by atoms with van der Waals surface area (Å²) in [6.45, 7) is 0. The summed E-state index contributed by atoms with van der Waals surface area (Å²) in [7, 11) is 0. The first kappa shape index (κ1) is 10.9. The van der Waals surface area contributed by atoms with Crippen LogP contribution in [0.25, 0.3) is 10.9 Å². The Morgan fingerprint density at radius 1 is 1.27 bits per heavy atom. The van der Waals surface area contributed by atoms with E-state index in [-0.39, 0.29) is 0 Å². The number of para-hydroxylation sites is 1. The lowest BCUT2D eigenvalue weighted by molar-refractivity contribution is 0.0921. The van der Waals surface area contributed by atoms with Crippen molar-refractivity contribution in [2.75, 3.05) is 0 Å². The standard InChI is InChI=1S/C9H7N.CH3NO3/c1-2-6-9-8(4-1)5-3-7-10-9;2-5-1(3)4/h1-7H;2H2,(H,3,4). The quantitative estimate of drug-likeness (QED) is 0.642. The first-order valence-corrected chi connectivity index (χ1v) is 4.13. The molecule has 0 spiro atoms. The molecule has 15 heavy (non-hydrogen) atoms. The third-order valence-electron chi connectivity index (χ3n) is 1.61. The van der Waals surface area contributed by atoms with E-state index in [0.717, 1.165) is 5.52 Å². The second-order valence-electron chi connectivity index (χ2n) is 2.58. The van der Waals surface area contributed by atoms with Gasteiger partial charge in [-0.2, -0.15) is 5.90 Å². The second-order valence-corrected chi connectivity index (χ2v) is 2.58. The van der Waals surface area contributed by atoms with Crippen LogP contribution in [0.3, 0.4) is 0 Å². The van der Waals surface area contributed by atoms with E-state index in [1.807, 2.05) is 30.5 Å². The van der Waals surface area contributed by atoms with Crippen LogP contribution in [0, 0.1) is 0 Å². The van der Waals surface area contributed by atoms with Gasteiger partial charge in [0.25, 0.3) is 0 Å². The first-order chi connectivity index (χ1) is 7.24. The van der Waals surface area contributed by atoms with Crippen LogP contribution in [-0.2, 0) is 4.84 Å². The minimum Gasteiger partial charge on any atom is -0.448 e. The number of hydrogen-bond donors (Lipinski definition) is 2. The molecule has 3 N–H and O–H groups in total. The molecule has 0 amide bonds. The molecule has 2 aromatic rings. The Hall–Kier alpha value is -2.14. The zero-order chi connectivity index (χ0) is 11.1. The molecule has 0 fully saturated rings. The fraction of sp³-hybridized carbons (Fsp3) is 0. The molecular weight excluding hydrogens is 196 g/mol. The maximum absolute atomic E-state index is 9.02. The lowest BCUT2D eigenvalue weighted by Gasteiger charge is -1.91. The highest BCUT2D eigenvalue weighted by molar-refractivity contribution is 5.77. The summed E-state index contributed by atoms with van der Waals surface area (Å²) in [4.78, 5) is 16.4. The van der Waals surface area contributed by atoms with Crippen molar-refractivity contribution in [1.82, 2.24) is 4.98 Å². The lowest BCUT2D eigenvalue weighted by Crippen LogP contribution is -2.04. The number of nitrogens with zero attached hydrogens (tertiary/aromatic N) is 1. The number of benzene rings is 1. The SMILES string of the molecule is NOC(=O)O.c1ccc2ncccc2c1. The third-order valence-corrected chi connectivity index (χ3v) is 1.61. The molecule has 1 heterocycles. The Labute approximate surface area is 86.1 Å². The smallest absolute Gasteiger partial charge is 0.448 e. The zero-order valence-corrected chi connectivity index (χ0v) is 7.83. The molecule has 0 radical (unpaired) electrons. The van der Waals surface area contributed by atoms with E-state index in [9.17, 15) is 0 Å². The first-order valence-electron chi connectivity index (χ1n) is 4.13. The van der Waals surface area contributed by atoms with E-state index in [1.54, 1.807) is 0 Å². The highest BCUT2D eigenvalue weighted by Crippen LogP contribution is 2.07. The summed E-state index contributed by atoms with van der Waals surface area (Å²) >= 11 is 0. The minimum atomic E-state index is -1.47. The number of carboxylic acid groups (broad SMARTS) is 1. The summed E-state index contributed by atoms with van der Waals surface area (Å²) in [5, 5.41) is 8.57. The van der Waals surface area contributed by atoms with Gasteiger partial charge in [0.05, 0.1) is 5.52 Å². The van der Waals surface area contributed by atoms with Crippen LogP contribution in [0.1, 0.15) is 0 Å². The van der Waals surface area contributed by atoms with Crippen molar-refractivity contribution in [3.05, 3.63) is 42.6 Å². The van der Waals surface area contributed by atoms with Crippen molar-refractivity contribution in [2.24, 2.45) is 5.90 Å². The Balaban J connectivity index is 0.000000195. The Kier molecular flexibility index (Phi) is 4.05. The number of rotatable bonds is 0. The van der Waals surface area contributed by atoms with Gasteiger partial charge < -0.3 is 9.94 Å². The molecule has 0 unspecified atom stereocenters. The van der Waals surface area contributed by atoms with E-state index >= 15 is 0 Å². The molecule has 0 saturated heterocycles. The van der Waals surface area contributed by atoms with Crippen molar-refractivity contribution in [1.29, 1.82) is 0 Å². The van der Waals surface area contributed by atoms with Gasteiger partial charge in [0.2, 0.25) is 0 Å². The number of aromatic nitrogens is 1. The maximum Gasteiger partial charge on any atom is 0.524 e. The summed E-state index contributed by atoms with van der Waals surface area (Å²) < 4.78 is 0. The summed E-state index contributed by atoms with van der Waals surface area (Å²) in [5.41, 5.74) is 1.06. The van der Waals surface area contributed by atoms with Gasteiger partial charge in [-0.15, -0.1) is 0 Å². The van der Waals surface area contributed by atoms with Gasteiger partial charge in [-0.3, -0.25) is 4.98 Å². The van der Waals surface area contributed by atoms with Gasteiger partial charge in [-0.25, -0.2) is 4.79 Å². The molecule has 1 aromatic heterocycles. The summed E-state index contributed by atoms with van der Waals surface area (Å²) in [6.07, 6.45) is 0.340. The molecule has 0 aliphatic carbocycles. The zero-order valence-electron chi connectivity index (χ0n) is 7.83. The number of fused-ring (bicyclic) bond motifs is 1. The van der Waals surface area contributed by atoms with E-state index in [1.165, 1.54) is 5.39 Å². The molecule has 1 aromatic carbocycles. The number of pyridine rings is 1. The lowest BCUT2D eigenvalue weighted by atomic mass is 10.2. The van der Waals surface area contributed by atoms with Crippen molar-refractivity contribution >= 4 is 17.1 Å². The number of nitrogens with two attached hydrogens (primary N) is 1. The third kappa shape index (κ3) is 3.61. The fourth-order valence-corrected chi connectivity index (χ4v) is 1.02. The molecule has 5 nitrogen and oxygen atoms in total. The van der Waals surface area contributed by atoms with Crippen LogP contribution in [-0.4, -0.2) is 16.2 Å². The number of hydrogen-bond acceptors (Lipinski definition) is 4. The highest BCUT2D eigenvalue weighted by Gasteiger charge is 1.86. The molecular formula is C10H10N2O3. The minimum absolute atomic E-state index is 1.06. The molecule has 0 bridgehead atoms. The van der Waals surface area contributed by atoms with E-state index < -0.39 is 6.16 Å². The second kappa shape index (κ2) is 5.56. The number of carbonyl (C=O) groups is 1. The van der Waals surface area contributed by atoms with Gasteiger partial charge >= 0.3 is 6.16 Å². The predicted octanol–water partition coefficient (Wildman–Crippen LogP) is 1.79. The Morgan fingerprint density at radius 2 is 1.87 bits per heavy atom. The monoisotopic (exact) mass is 206 g/mol. The van der Waals surface area contributed by atoms with Crippen LogP contribution in [0.4, 0.5) is 4.79 Å². The largest absolute Gasteiger partial charge is 0.524 e. The van der Waals surface area contributed by atoms with Crippen molar-refractivity contribution < 1.29 is 14.7 Å². The Bertz CT molecular complexity index is 380. The average Bonchev–Trinajstić information content (AvgIpc) is 2.30. The fourth-order valence-electron chi connectivity index (χ4n) is 1.02. The average molecular weight is 206 g/mol. The molecule has 0 atom stereocenters.